The Bertz CT molecular complexity index is 834. The molecule has 1 aromatic carbocycles. The van der Waals surface area contributed by atoms with Crippen LogP contribution in [0.2, 0.25) is 0 Å². The minimum atomic E-state index is -1.40. The van der Waals surface area contributed by atoms with Gasteiger partial charge >= 0.3 is 0 Å². The fourth-order valence-corrected chi connectivity index (χ4v) is 4.40. The molecule has 2 heterocycles. The second-order valence-corrected chi connectivity index (χ2v) is 7.36. The van der Waals surface area contributed by atoms with Crippen LogP contribution < -0.4 is 10.0 Å². The number of amides is 2. The Morgan fingerprint density at radius 1 is 1.28 bits per heavy atom. The quantitative estimate of drug-likeness (QED) is 0.580. The fraction of sp³-hybridized carbons (Fsp3) is 0.294. The Hall–Kier alpha value is -2.19. The zero-order chi connectivity index (χ0) is 18.3. The summed E-state index contributed by atoms with van der Waals surface area (Å²) < 4.78 is 0.114. The molecule has 8 heteroatoms. The van der Waals surface area contributed by atoms with Crippen molar-refractivity contribution in [1.29, 1.82) is 0 Å². The third-order valence-electron chi connectivity index (χ3n) is 4.12. The largest absolute Gasteiger partial charge is 0.548 e. The second kappa shape index (κ2) is 6.61. The van der Waals surface area contributed by atoms with E-state index in [0.29, 0.717) is 12.1 Å². The SMILES string of the molecule is CCCN1C(=O)/C(=C2\SC(=S)N([C@@H](C)C(=O)[O-])C2=O)c2ccccc21. The molecule has 3 rings (SSSR count). The molecular formula is C17H15N2O4S2-. The summed E-state index contributed by atoms with van der Waals surface area (Å²) in [5.41, 5.74) is 1.71. The molecule has 2 aliphatic rings. The van der Waals surface area contributed by atoms with Crippen molar-refractivity contribution in [2.45, 2.75) is 26.3 Å². The van der Waals surface area contributed by atoms with Crippen molar-refractivity contribution in [2.75, 3.05) is 11.4 Å². The van der Waals surface area contributed by atoms with E-state index in [2.05, 4.69) is 0 Å². The van der Waals surface area contributed by atoms with Crippen LogP contribution in [0.15, 0.2) is 29.2 Å². The number of hydrogen-bond donors (Lipinski definition) is 0. The number of anilines is 1. The number of hydrogen-bond acceptors (Lipinski definition) is 6. The molecule has 2 aliphatic heterocycles. The number of fused-ring (bicyclic) bond motifs is 1. The number of thioether (sulfide) groups is 1. The van der Waals surface area contributed by atoms with E-state index in [1.165, 1.54) is 6.92 Å². The van der Waals surface area contributed by atoms with Gasteiger partial charge in [0.25, 0.3) is 11.8 Å². The van der Waals surface area contributed by atoms with Gasteiger partial charge < -0.3 is 14.8 Å². The predicted octanol–water partition coefficient (Wildman–Crippen LogP) is 1.15. The van der Waals surface area contributed by atoms with Gasteiger partial charge in [-0.3, -0.25) is 14.5 Å². The number of nitrogens with zero attached hydrogens (tertiary/aromatic N) is 2. The van der Waals surface area contributed by atoms with Crippen LogP contribution in [0, 0.1) is 0 Å². The Morgan fingerprint density at radius 2 is 1.96 bits per heavy atom. The molecular weight excluding hydrogens is 360 g/mol. The van der Waals surface area contributed by atoms with Crippen molar-refractivity contribution in [2.24, 2.45) is 0 Å². The standard InChI is InChI=1S/C17H16N2O4S2/c1-3-8-18-11-7-5-4-6-10(11)12(14(18)20)13-15(21)19(17(24)25-13)9(2)16(22)23/h4-7,9H,3,8H2,1-2H3,(H,22,23)/p-1/b13-12-/t9-/m0/s1. The number of carboxylic acid groups (broad SMARTS) is 1. The van der Waals surface area contributed by atoms with Crippen molar-refractivity contribution < 1.29 is 19.5 Å². The number of thiocarbonyl (C=S) groups is 1. The summed E-state index contributed by atoms with van der Waals surface area (Å²) in [4.78, 5) is 39.6. The lowest BCUT2D eigenvalue weighted by atomic mass is 10.1. The Morgan fingerprint density at radius 3 is 2.60 bits per heavy atom. The average molecular weight is 375 g/mol. The maximum absolute atomic E-state index is 12.9. The minimum Gasteiger partial charge on any atom is -0.548 e. The van der Waals surface area contributed by atoms with Crippen LogP contribution in [0.4, 0.5) is 5.69 Å². The molecule has 25 heavy (non-hydrogen) atoms. The third kappa shape index (κ3) is 2.75. The van der Waals surface area contributed by atoms with Crippen molar-refractivity contribution >= 4 is 57.3 Å². The fourth-order valence-electron chi connectivity index (χ4n) is 2.91. The summed E-state index contributed by atoms with van der Waals surface area (Å²) >= 11 is 6.12. The molecule has 1 fully saturated rings. The summed E-state index contributed by atoms with van der Waals surface area (Å²) in [5, 5.41) is 11.1. The van der Waals surface area contributed by atoms with Gasteiger partial charge in [-0.05, 0) is 19.4 Å². The summed E-state index contributed by atoms with van der Waals surface area (Å²) in [6, 6.07) is 6.06. The van der Waals surface area contributed by atoms with E-state index in [4.69, 9.17) is 12.2 Å². The molecule has 130 valence electrons. The normalized spacial score (nSPS) is 21.1. The predicted molar refractivity (Wildman–Crippen MR) is 97.5 cm³/mol. The van der Waals surface area contributed by atoms with Crippen LogP contribution in [-0.2, 0) is 14.4 Å². The van der Waals surface area contributed by atoms with Gasteiger partial charge in [0.2, 0.25) is 0 Å². The Labute approximate surface area is 154 Å². The van der Waals surface area contributed by atoms with E-state index < -0.39 is 17.9 Å². The molecule has 1 atom stereocenters. The average Bonchev–Trinajstić information content (AvgIpc) is 3.01. The molecule has 0 bridgehead atoms. The van der Waals surface area contributed by atoms with E-state index in [1.54, 1.807) is 17.0 Å². The number of para-hydroxylation sites is 1. The highest BCUT2D eigenvalue weighted by Gasteiger charge is 2.43. The highest BCUT2D eigenvalue weighted by Crippen LogP contribution is 2.44. The lowest BCUT2D eigenvalue weighted by Crippen LogP contribution is -2.48. The first-order valence-corrected chi connectivity index (χ1v) is 9.02. The van der Waals surface area contributed by atoms with Gasteiger partial charge in [-0.15, -0.1) is 0 Å². The number of carboxylic acids is 1. The number of benzene rings is 1. The first-order chi connectivity index (χ1) is 11.9. The van der Waals surface area contributed by atoms with E-state index in [9.17, 15) is 19.5 Å². The highest BCUT2D eigenvalue weighted by atomic mass is 32.2. The first kappa shape index (κ1) is 17.6. The summed E-state index contributed by atoms with van der Waals surface area (Å²) in [5.74, 6) is -2.22. The first-order valence-electron chi connectivity index (χ1n) is 7.80. The van der Waals surface area contributed by atoms with Gasteiger partial charge in [0.1, 0.15) is 4.32 Å². The number of carbonyl (C=O) groups is 3. The lowest BCUT2D eigenvalue weighted by molar-refractivity contribution is -0.309. The smallest absolute Gasteiger partial charge is 0.267 e. The van der Waals surface area contributed by atoms with Crippen molar-refractivity contribution in [3.05, 3.63) is 34.7 Å². The maximum Gasteiger partial charge on any atom is 0.267 e. The monoisotopic (exact) mass is 375 g/mol. The van der Waals surface area contributed by atoms with Crippen LogP contribution >= 0.6 is 24.0 Å². The molecule has 0 aromatic heterocycles. The molecule has 0 N–H and O–H groups in total. The number of rotatable bonds is 4. The summed E-state index contributed by atoms with van der Waals surface area (Å²) in [6.45, 7) is 3.84. The summed E-state index contributed by atoms with van der Waals surface area (Å²) in [7, 11) is 0. The van der Waals surface area contributed by atoms with Gasteiger partial charge in [0.05, 0.1) is 28.2 Å². The third-order valence-corrected chi connectivity index (χ3v) is 5.53. The molecule has 0 aliphatic carbocycles. The topological polar surface area (TPSA) is 80.8 Å². The molecule has 6 nitrogen and oxygen atoms in total. The van der Waals surface area contributed by atoms with E-state index in [-0.39, 0.29) is 20.7 Å². The molecule has 1 aromatic rings. The van der Waals surface area contributed by atoms with Gasteiger partial charge in [0.15, 0.2) is 0 Å². The molecule has 0 unspecified atom stereocenters. The number of aliphatic carboxylic acids is 1. The van der Waals surface area contributed by atoms with Gasteiger partial charge in [-0.2, -0.15) is 0 Å². The van der Waals surface area contributed by atoms with Crippen molar-refractivity contribution in [3.8, 4) is 0 Å². The van der Waals surface area contributed by atoms with Gasteiger partial charge in [-0.1, -0.05) is 49.1 Å². The van der Waals surface area contributed by atoms with Gasteiger partial charge in [0, 0.05) is 12.1 Å². The lowest BCUT2D eigenvalue weighted by Gasteiger charge is -2.23. The van der Waals surface area contributed by atoms with Crippen LogP contribution in [0.3, 0.4) is 0 Å². The van der Waals surface area contributed by atoms with Crippen LogP contribution in [-0.4, -0.2) is 39.6 Å². The summed E-state index contributed by atoms with van der Waals surface area (Å²) in [6.07, 6.45) is 0.774. The van der Waals surface area contributed by atoms with Crippen molar-refractivity contribution in [3.63, 3.8) is 0 Å². The zero-order valence-corrected chi connectivity index (χ0v) is 15.3. The van der Waals surface area contributed by atoms with Gasteiger partial charge in [-0.25, -0.2) is 0 Å². The second-order valence-electron chi connectivity index (χ2n) is 5.72. The Balaban J connectivity index is 2.12. The molecule has 0 spiro atoms. The molecule has 0 radical (unpaired) electrons. The van der Waals surface area contributed by atoms with E-state index >= 15 is 0 Å². The van der Waals surface area contributed by atoms with E-state index in [0.717, 1.165) is 28.8 Å². The minimum absolute atomic E-state index is 0.114. The molecule has 2 amide bonds. The Kier molecular flexibility index (Phi) is 4.66. The van der Waals surface area contributed by atoms with Crippen molar-refractivity contribution in [1.82, 2.24) is 4.90 Å². The highest BCUT2D eigenvalue weighted by molar-refractivity contribution is 8.26. The zero-order valence-electron chi connectivity index (χ0n) is 13.6. The van der Waals surface area contributed by atoms with Crippen LogP contribution in [0.5, 0.6) is 0 Å². The van der Waals surface area contributed by atoms with Crippen LogP contribution in [0.1, 0.15) is 25.8 Å². The number of carbonyl (C=O) groups excluding carboxylic acids is 3. The molecule has 1 saturated heterocycles. The van der Waals surface area contributed by atoms with E-state index in [1.807, 2.05) is 19.1 Å². The molecule has 0 saturated carbocycles. The van der Waals surface area contributed by atoms with Crippen LogP contribution in [0.25, 0.3) is 5.57 Å². The maximum atomic E-state index is 12.9.